The summed E-state index contributed by atoms with van der Waals surface area (Å²) < 4.78 is 0. The molecule has 0 radical (unpaired) electrons. The molecule has 3 rings (SSSR count). The largest absolute Gasteiger partial charge is 0.310 e. The van der Waals surface area contributed by atoms with Crippen LogP contribution in [0.3, 0.4) is 0 Å². The van der Waals surface area contributed by atoms with Gasteiger partial charge in [0, 0.05) is 6.04 Å². The van der Waals surface area contributed by atoms with Gasteiger partial charge in [0.25, 0.3) is 0 Å². The second-order valence-electron chi connectivity index (χ2n) is 7.35. The second-order valence-corrected chi connectivity index (χ2v) is 7.35. The Morgan fingerprint density at radius 2 is 1.86 bits per heavy atom. The van der Waals surface area contributed by atoms with Gasteiger partial charge in [0.05, 0.1) is 0 Å². The van der Waals surface area contributed by atoms with Crippen molar-refractivity contribution in [2.45, 2.75) is 70.8 Å². The zero-order valence-corrected chi connectivity index (χ0v) is 13.8. The predicted molar refractivity (Wildman–Crippen MR) is 90.6 cm³/mol. The highest BCUT2D eigenvalue weighted by Gasteiger charge is 2.27. The average molecular weight is 285 g/mol. The molecule has 0 heterocycles. The molecule has 1 aromatic carbocycles. The minimum atomic E-state index is 0.572. The quantitative estimate of drug-likeness (QED) is 0.760. The molecule has 0 amide bonds. The number of hydrogen-bond acceptors (Lipinski definition) is 1. The minimum Gasteiger partial charge on any atom is -0.310 e. The van der Waals surface area contributed by atoms with Crippen molar-refractivity contribution >= 4 is 0 Å². The smallest absolute Gasteiger partial charge is 0.0348 e. The van der Waals surface area contributed by atoms with E-state index in [0.717, 1.165) is 24.3 Å². The van der Waals surface area contributed by atoms with Crippen molar-refractivity contribution in [1.82, 2.24) is 5.32 Å². The SMILES string of the molecule is CCNC(c1cccc(C2CCC2)c1)C1CCC(C)CC1. The fourth-order valence-electron chi connectivity index (χ4n) is 4.14. The van der Waals surface area contributed by atoms with Crippen LogP contribution in [0.4, 0.5) is 0 Å². The Balaban J connectivity index is 1.76. The third-order valence-corrected chi connectivity index (χ3v) is 5.80. The third-order valence-electron chi connectivity index (χ3n) is 5.80. The highest BCUT2D eigenvalue weighted by atomic mass is 14.9. The number of rotatable bonds is 5. The maximum Gasteiger partial charge on any atom is 0.0348 e. The van der Waals surface area contributed by atoms with Gasteiger partial charge in [-0.05, 0) is 61.1 Å². The van der Waals surface area contributed by atoms with Crippen molar-refractivity contribution in [3.8, 4) is 0 Å². The predicted octanol–water partition coefficient (Wildman–Crippen LogP) is 5.43. The second kappa shape index (κ2) is 6.96. The van der Waals surface area contributed by atoms with Crippen LogP contribution in [0.15, 0.2) is 24.3 Å². The summed E-state index contributed by atoms with van der Waals surface area (Å²) in [5.41, 5.74) is 3.13. The summed E-state index contributed by atoms with van der Waals surface area (Å²) in [6.07, 6.45) is 9.83. The van der Waals surface area contributed by atoms with Gasteiger partial charge in [-0.3, -0.25) is 0 Å². The molecular weight excluding hydrogens is 254 g/mol. The van der Waals surface area contributed by atoms with Crippen molar-refractivity contribution in [2.75, 3.05) is 6.54 Å². The van der Waals surface area contributed by atoms with Crippen molar-refractivity contribution in [3.05, 3.63) is 35.4 Å². The average Bonchev–Trinajstić information content (AvgIpc) is 2.44. The first-order valence-corrected chi connectivity index (χ1v) is 9.11. The Hall–Kier alpha value is -0.820. The zero-order chi connectivity index (χ0) is 14.7. The minimum absolute atomic E-state index is 0.572. The van der Waals surface area contributed by atoms with E-state index in [4.69, 9.17) is 0 Å². The molecule has 0 saturated heterocycles. The van der Waals surface area contributed by atoms with Gasteiger partial charge in [0.2, 0.25) is 0 Å². The molecule has 1 aromatic rings. The molecule has 21 heavy (non-hydrogen) atoms. The molecular formula is C20H31N. The van der Waals surface area contributed by atoms with Crippen LogP contribution in [0.5, 0.6) is 0 Å². The third kappa shape index (κ3) is 3.51. The van der Waals surface area contributed by atoms with Crippen molar-refractivity contribution < 1.29 is 0 Å². The van der Waals surface area contributed by atoms with E-state index in [2.05, 4.69) is 43.4 Å². The van der Waals surface area contributed by atoms with E-state index < -0.39 is 0 Å². The normalized spacial score (nSPS) is 28.1. The molecule has 0 bridgehead atoms. The Kier molecular flexibility index (Phi) is 5.00. The van der Waals surface area contributed by atoms with Crippen LogP contribution >= 0.6 is 0 Å². The Bertz CT molecular complexity index is 441. The van der Waals surface area contributed by atoms with E-state index in [0.29, 0.717) is 6.04 Å². The number of hydrogen-bond donors (Lipinski definition) is 1. The van der Waals surface area contributed by atoms with Crippen LogP contribution in [0.2, 0.25) is 0 Å². The summed E-state index contributed by atoms with van der Waals surface area (Å²) in [6, 6.07) is 10.1. The summed E-state index contributed by atoms with van der Waals surface area (Å²) >= 11 is 0. The van der Waals surface area contributed by atoms with Gasteiger partial charge in [-0.25, -0.2) is 0 Å². The van der Waals surface area contributed by atoms with E-state index >= 15 is 0 Å². The van der Waals surface area contributed by atoms with E-state index in [1.54, 1.807) is 11.1 Å². The van der Waals surface area contributed by atoms with Crippen LogP contribution in [-0.2, 0) is 0 Å². The summed E-state index contributed by atoms with van der Waals surface area (Å²) in [5, 5.41) is 3.79. The molecule has 1 unspecified atom stereocenters. The molecule has 2 saturated carbocycles. The molecule has 0 aliphatic heterocycles. The van der Waals surface area contributed by atoms with Gasteiger partial charge in [0.1, 0.15) is 0 Å². The van der Waals surface area contributed by atoms with Crippen LogP contribution in [0.1, 0.15) is 81.9 Å². The molecule has 2 aliphatic carbocycles. The van der Waals surface area contributed by atoms with E-state index in [9.17, 15) is 0 Å². The molecule has 116 valence electrons. The van der Waals surface area contributed by atoms with Gasteiger partial charge in [-0.1, -0.05) is 57.4 Å². The first-order chi connectivity index (χ1) is 10.3. The Morgan fingerprint density at radius 3 is 2.48 bits per heavy atom. The molecule has 0 spiro atoms. The first-order valence-electron chi connectivity index (χ1n) is 9.11. The summed E-state index contributed by atoms with van der Waals surface area (Å²) in [6.45, 7) is 5.73. The van der Waals surface area contributed by atoms with E-state index in [1.165, 1.54) is 44.9 Å². The van der Waals surface area contributed by atoms with Crippen molar-refractivity contribution in [1.29, 1.82) is 0 Å². The molecule has 2 fully saturated rings. The lowest BCUT2D eigenvalue weighted by molar-refractivity contribution is 0.233. The van der Waals surface area contributed by atoms with Crippen molar-refractivity contribution in [2.24, 2.45) is 11.8 Å². The highest BCUT2D eigenvalue weighted by Crippen LogP contribution is 2.40. The van der Waals surface area contributed by atoms with Gasteiger partial charge < -0.3 is 5.32 Å². The summed E-state index contributed by atoms with van der Waals surface area (Å²) in [5.74, 6) is 2.61. The monoisotopic (exact) mass is 285 g/mol. The van der Waals surface area contributed by atoms with Crippen LogP contribution in [0.25, 0.3) is 0 Å². The van der Waals surface area contributed by atoms with Gasteiger partial charge in [-0.2, -0.15) is 0 Å². The standard InChI is InChI=1S/C20H31N/c1-3-21-20(17-12-10-15(2)11-13-17)19-9-5-8-18(14-19)16-6-4-7-16/h5,8-9,14-17,20-21H,3-4,6-7,10-13H2,1-2H3. The topological polar surface area (TPSA) is 12.0 Å². The molecule has 0 aromatic heterocycles. The fraction of sp³-hybridized carbons (Fsp3) is 0.700. The molecule has 2 aliphatic rings. The van der Waals surface area contributed by atoms with Crippen LogP contribution in [-0.4, -0.2) is 6.54 Å². The molecule has 1 nitrogen and oxygen atoms in total. The maximum absolute atomic E-state index is 3.79. The maximum atomic E-state index is 3.79. The summed E-state index contributed by atoms with van der Waals surface area (Å²) in [4.78, 5) is 0. The fourth-order valence-corrected chi connectivity index (χ4v) is 4.14. The van der Waals surface area contributed by atoms with Crippen LogP contribution < -0.4 is 5.32 Å². The lowest BCUT2D eigenvalue weighted by Crippen LogP contribution is -2.30. The van der Waals surface area contributed by atoms with Gasteiger partial charge >= 0.3 is 0 Å². The van der Waals surface area contributed by atoms with E-state index in [-0.39, 0.29) is 0 Å². The lowest BCUT2D eigenvalue weighted by atomic mass is 9.75. The Labute approximate surface area is 130 Å². The van der Waals surface area contributed by atoms with Gasteiger partial charge in [0.15, 0.2) is 0 Å². The lowest BCUT2D eigenvalue weighted by Gasteiger charge is -2.34. The number of benzene rings is 1. The zero-order valence-electron chi connectivity index (χ0n) is 13.8. The first kappa shape index (κ1) is 15.1. The molecule has 1 heteroatoms. The Morgan fingerprint density at radius 1 is 1.10 bits per heavy atom. The highest BCUT2D eigenvalue weighted by molar-refractivity contribution is 5.30. The van der Waals surface area contributed by atoms with Gasteiger partial charge in [-0.15, -0.1) is 0 Å². The number of nitrogens with one attached hydrogen (secondary N) is 1. The molecule has 1 atom stereocenters. The van der Waals surface area contributed by atoms with E-state index in [1.807, 2.05) is 0 Å². The van der Waals surface area contributed by atoms with Crippen LogP contribution in [0, 0.1) is 11.8 Å². The van der Waals surface area contributed by atoms with Crippen molar-refractivity contribution in [3.63, 3.8) is 0 Å². The molecule has 1 N–H and O–H groups in total. The summed E-state index contributed by atoms with van der Waals surface area (Å²) in [7, 11) is 0.